The van der Waals surface area contributed by atoms with Crippen LogP contribution in [0.2, 0.25) is 0 Å². The van der Waals surface area contributed by atoms with Crippen LogP contribution in [0.25, 0.3) is 11.3 Å². The zero-order valence-corrected chi connectivity index (χ0v) is 12.6. The van der Waals surface area contributed by atoms with Crippen molar-refractivity contribution in [2.24, 2.45) is 0 Å². The minimum Gasteiger partial charge on any atom is -0.481 e. The number of nitrogens with zero attached hydrogens (tertiary/aromatic N) is 2. The number of aromatic nitrogens is 1. The molecule has 0 aliphatic rings. The van der Waals surface area contributed by atoms with Gasteiger partial charge in [0.2, 0.25) is 5.76 Å². The Morgan fingerprint density at radius 1 is 1.27 bits per heavy atom. The molecule has 6 heteroatoms. The number of hydrogen-bond acceptors (Lipinski definition) is 4. The molecule has 22 heavy (non-hydrogen) atoms. The second-order valence-electron chi connectivity index (χ2n) is 4.97. The first-order valence-corrected chi connectivity index (χ1v) is 7.06. The third-order valence-corrected chi connectivity index (χ3v) is 3.33. The van der Waals surface area contributed by atoms with Crippen LogP contribution < -0.4 is 0 Å². The maximum Gasteiger partial charge on any atom is 0.305 e. The van der Waals surface area contributed by atoms with Crippen molar-refractivity contribution in [1.82, 2.24) is 10.1 Å². The van der Waals surface area contributed by atoms with Gasteiger partial charge in [0.05, 0.1) is 6.42 Å². The van der Waals surface area contributed by atoms with Crippen molar-refractivity contribution in [3.05, 3.63) is 41.7 Å². The van der Waals surface area contributed by atoms with Crippen LogP contribution in [0.4, 0.5) is 0 Å². The van der Waals surface area contributed by atoms with Gasteiger partial charge in [0, 0.05) is 24.7 Å². The summed E-state index contributed by atoms with van der Waals surface area (Å²) < 4.78 is 5.11. The lowest BCUT2D eigenvalue weighted by molar-refractivity contribution is -0.137. The summed E-state index contributed by atoms with van der Waals surface area (Å²) in [5.74, 6) is -1.18. The lowest BCUT2D eigenvalue weighted by Gasteiger charge is -2.17. The van der Waals surface area contributed by atoms with Gasteiger partial charge < -0.3 is 14.5 Å². The molecule has 0 saturated heterocycles. The highest BCUT2D eigenvalue weighted by atomic mass is 16.5. The molecule has 0 radical (unpaired) electrons. The maximum absolute atomic E-state index is 12.3. The van der Waals surface area contributed by atoms with Crippen molar-refractivity contribution in [2.75, 3.05) is 13.1 Å². The maximum atomic E-state index is 12.3. The van der Waals surface area contributed by atoms with Crippen molar-refractivity contribution in [3.8, 4) is 11.3 Å². The highest BCUT2D eigenvalue weighted by molar-refractivity contribution is 5.92. The summed E-state index contributed by atoms with van der Waals surface area (Å²) in [4.78, 5) is 24.3. The van der Waals surface area contributed by atoms with Gasteiger partial charge in [0.25, 0.3) is 5.91 Å². The summed E-state index contributed by atoms with van der Waals surface area (Å²) in [5.41, 5.74) is 2.58. The molecule has 6 nitrogen and oxygen atoms in total. The standard InChI is InChI=1S/C16H18N2O4/c1-3-18(9-8-15(19)20)16(21)14-10-13(17-22-14)12-6-4-11(2)5-7-12/h4-7,10H,3,8-9H2,1-2H3,(H,19,20). The first-order chi connectivity index (χ1) is 10.5. The molecule has 116 valence electrons. The number of rotatable bonds is 6. The highest BCUT2D eigenvalue weighted by Crippen LogP contribution is 2.20. The average molecular weight is 302 g/mol. The summed E-state index contributed by atoms with van der Waals surface area (Å²) in [7, 11) is 0. The number of benzene rings is 1. The fourth-order valence-corrected chi connectivity index (χ4v) is 2.03. The van der Waals surface area contributed by atoms with Crippen LogP contribution in [0.3, 0.4) is 0 Å². The van der Waals surface area contributed by atoms with E-state index in [1.165, 1.54) is 4.90 Å². The second-order valence-corrected chi connectivity index (χ2v) is 4.97. The van der Waals surface area contributed by atoms with Gasteiger partial charge in [-0.15, -0.1) is 0 Å². The van der Waals surface area contributed by atoms with Crippen LogP contribution in [0.5, 0.6) is 0 Å². The van der Waals surface area contributed by atoms with Gasteiger partial charge in [-0.25, -0.2) is 0 Å². The Labute approximate surface area is 128 Å². The van der Waals surface area contributed by atoms with E-state index < -0.39 is 5.97 Å². The number of hydrogen-bond donors (Lipinski definition) is 1. The van der Waals surface area contributed by atoms with E-state index in [1.807, 2.05) is 31.2 Å². The summed E-state index contributed by atoms with van der Waals surface area (Å²) in [5, 5.41) is 12.6. The normalized spacial score (nSPS) is 10.5. The van der Waals surface area contributed by atoms with Gasteiger partial charge in [0.1, 0.15) is 5.69 Å². The van der Waals surface area contributed by atoms with Crippen LogP contribution in [-0.4, -0.2) is 40.1 Å². The third-order valence-electron chi connectivity index (χ3n) is 3.33. The van der Waals surface area contributed by atoms with E-state index in [-0.39, 0.29) is 24.6 Å². The summed E-state index contributed by atoms with van der Waals surface area (Å²) in [6.45, 7) is 4.33. The summed E-state index contributed by atoms with van der Waals surface area (Å²) in [6.07, 6.45) is -0.0987. The molecule has 1 amide bonds. The lowest BCUT2D eigenvalue weighted by Crippen LogP contribution is -2.32. The molecule has 1 aromatic heterocycles. The van der Waals surface area contributed by atoms with Crippen LogP contribution in [0, 0.1) is 6.92 Å². The number of amides is 1. The molecule has 1 heterocycles. The molecule has 2 rings (SSSR count). The number of carbonyl (C=O) groups excluding carboxylic acids is 1. The Kier molecular flexibility index (Phi) is 4.93. The molecule has 0 spiro atoms. The van der Waals surface area contributed by atoms with E-state index in [1.54, 1.807) is 13.0 Å². The molecule has 1 N–H and O–H groups in total. The number of carboxylic acids is 1. The monoisotopic (exact) mass is 302 g/mol. The second kappa shape index (κ2) is 6.89. The Morgan fingerprint density at radius 2 is 1.95 bits per heavy atom. The van der Waals surface area contributed by atoms with Crippen molar-refractivity contribution < 1.29 is 19.2 Å². The Hall–Kier alpha value is -2.63. The molecule has 0 saturated carbocycles. The third kappa shape index (κ3) is 3.72. The average Bonchev–Trinajstić information content (AvgIpc) is 2.98. The van der Waals surface area contributed by atoms with E-state index in [0.717, 1.165) is 11.1 Å². The molecule has 2 aromatic rings. The first kappa shape index (κ1) is 15.8. The number of aliphatic carboxylic acids is 1. The number of aryl methyl sites for hydroxylation is 1. The zero-order valence-electron chi connectivity index (χ0n) is 12.6. The van der Waals surface area contributed by atoms with Crippen molar-refractivity contribution in [2.45, 2.75) is 20.3 Å². The number of carbonyl (C=O) groups is 2. The molecule has 0 fully saturated rings. The van der Waals surface area contributed by atoms with Gasteiger partial charge in [0.15, 0.2) is 0 Å². The molecule has 0 aliphatic heterocycles. The smallest absolute Gasteiger partial charge is 0.305 e. The predicted octanol–water partition coefficient (Wildman–Crippen LogP) is 2.59. The van der Waals surface area contributed by atoms with Gasteiger partial charge in [-0.2, -0.15) is 0 Å². The van der Waals surface area contributed by atoms with Crippen molar-refractivity contribution >= 4 is 11.9 Å². The van der Waals surface area contributed by atoms with Gasteiger partial charge >= 0.3 is 5.97 Å². The van der Waals surface area contributed by atoms with Crippen LogP contribution in [0.1, 0.15) is 29.5 Å². The fourth-order valence-electron chi connectivity index (χ4n) is 2.03. The van der Waals surface area contributed by atoms with E-state index >= 15 is 0 Å². The summed E-state index contributed by atoms with van der Waals surface area (Å²) in [6, 6.07) is 9.30. The lowest BCUT2D eigenvalue weighted by atomic mass is 10.1. The van der Waals surface area contributed by atoms with E-state index in [9.17, 15) is 9.59 Å². The van der Waals surface area contributed by atoms with E-state index in [4.69, 9.17) is 9.63 Å². The fraction of sp³-hybridized carbons (Fsp3) is 0.312. The summed E-state index contributed by atoms with van der Waals surface area (Å²) >= 11 is 0. The van der Waals surface area contributed by atoms with Gasteiger partial charge in [-0.05, 0) is 13.8 Å². The van der Waals surface area contributed by atoms with Gasteiger partial charge in [-0.1, -0.05) is 35.0 Å². The Morgan fingerprint density at radius 3 is 2.55 bits per heavy atom. The minimum atomic E-state index is -0.941. The zero-order chi connectivity index (χ0) is 16.1. The number of carboxylic acid groups (broad SMARTS) is 1. The van der Waals surface area contributed by atoms with Crippen molar-refractivity contribution in [1.29, 1.82) is 0 Å². The molecule has 0 atom stereocenters. The molecule has 1 aromatic carbocycles. The van der Waals surface area contributed by atoms with E-state index in [0.29, 0.717) is 12.2 Å². The molecule has 0 bridgehead atoms. The molecular weight excluding hydrogens is 284 g/mol. The molecular formula is C16H18N2O4. The first-order valence-electron chi connectivity index (χ1n) is 7.06. The van der Waals surface area contributed by atoms with Crippen LogP contribution >= 0.6 is 0 Å². The van der Waals surface area contributed by atoms with Crippen LogP contribution in [-0.2, 0) is 4.79 Å². The predicted molar refractivity (Wildman–Crippen MR) is 80.5 cm³/mol. The topological polar surface area (TPSA) is 83.6 Å². The minimum absolute atomic E-state index is 0.0987. The van der Waals surface area contributed by atoms with Crippen molar-refractivity contribution in [3.63, 3.8) is 0 Å². The largest absolute Gasteiger partial charge is 0.481 e. The Bertz CT molecular complexity index is 661. The quantitative estimate of drug-likeness (QED) is 0.886. The molecule has 0 aliphatic carbocycles. The molecule has 0 unspecified atom stereocenters. The highest BCUT2D eigenvalue weighted by Gasteiger charge is 2.20. The van der Waals surface area contributed by atoms with Crippen LogP contribution in [0.15, 0.2) is 34.9 Å². The van der Waals surface area contributed by atoms with E-state index in [2.05, 4.69) is 5.16 Å². The van der Waals surface area contributed by atoms with Gasteiger partial charge in [-0.3, -0.25) is 9.59 Å². The SMILES string of the molecule is CCN(CCC(=O)O)C(=O)c1cc(-c2ccc(C)cc2)no1. The Balaban J connectivity index is 2.14.